The van der Waals surface area contributed by atoms with Gasteiger partial charge in [-0.05, 0) is 24.6 Å². The lowest BCUT2D eigenvalue weighted by Crippen LogP contribution is -2.39. The van der Waals surface area contributed by atoms with E-state index in [9.17, 15) is 9.90 Å². The van der Waals surface area contributed by atoms with E-state index >= 15 is 0 Å². The maximum atomic E-state index is 11.7. The summed E-state index contributed by atoms with van der Waals surface area (Å²) in [5.41, 5.74) is 2.26. The third-order valence-electron chi connectivity index (χ3n) is 2.94. The van der Waals surface area contributed by atoms with Gasteiger partial charge < -0.3 is 10.4 Å². The molecule has 1 aliphatic rings. The zero-order chi connectivity index (χ0) is 11.3. The number of β-amino-alcohol motifs (C(OH)–C–C–N with tert-alkyl or cyclic N) is 1. The lowest BCUT2D eigenvalue weighted by Gasteiger charge is -2.20. The molecule has 0 saturated carbocycles. The maximum absolute atomic E-state index is 11.7. The number of hydrogen-bond donors (Lipinski definition) is 2. The van der Waals surface area contributed by atoms with Gasteiger partial charge in [-0.25, -0.2) is 14.3 Å². The molecule has 1 unspecified atom stereocenters. The predicted molar refractivity (Wildman–Crippen MR) is 58.2 cm³/mol. The minimum absolute atomic E-state index is 0.228. The molecule has 2 aromatic heterocycles. The Bertz CT molecular complexity index is 588. The van der Waals surface area contributed by atoms with Gasteiger partial charge in [0.15, 0.2) is 0 Å². The van der Waals surface area contributed by atoms with Crippen LogP contribution < -0.4 is 5.32 Å². The minimum Gasteiger partial charge on any atom is -0.385 e. The van der Waals surface area contributed by atoms with Crippen LogP contribution in [0, 0.1) is 6.92 Å². The number of nitrogens with one attached hydrogen (secondary N) is 1. The first-order valence-corrected chi connectivity index (χ1v) is 5.11. The highest BCUT2D eigenvalue weighted by atomic mass is 16.3. The summed E-state index contributed by atoms with van der Waals surface area (Å²) < 4.78 is 1.44. The molecule has 0 fully saturated rings. The van der Waals surface area contributed by atoms with Crippen molar-refractivity contribution in [1.82, 2.24) is 14.9 Å². The molecule has 0 saturated heterocycles. The summed E-state index contributed by atoms with van der Waals surface area (Å²) in [5, 5.41) is 13.3. The van der Waals surface area contributed by atoms with Crippen LogP contribution in [0.1, 0.15) is 17.4 Å². The number of carbonyl (C=O) groups excluding carboxylic acids is 1. The number of pyridine rings is 1. The number of carbonyl (C=O) groups is 1. The SMILES string of the molecule is Cc1ccnc2c1cc1n2C(=O)NCC1O. The monoisotopic (exact) mass is 217 g/mol. The molecule has 1 atom stereocenters. The molecule has 0 bridgehead atoms. The molecule has 0 aromatic carbocycles. The van der Waals surface area contributed by atoms with Crippen LogP contribution in [0.25, 0.3) is 11.0 Å². The number of amides is 1. The number of fused-ring (bicyclic) bond motifs is 3. The van der Waals surface area contributed by atoms with Crippen molar-refractivity contribution in [2.45, 2.75) is 13.0 Å². The molecule has 82 valence electrons. The molecule has 2 N–H and O–H groups in total. The molecule has 2 aromatic rings. The average molecular weight is 217 g/mol. The van der Waals surface area contributed by atoms with Crippen LogP contribution in [0.2, 0.25) is 0 Å². The summed E-state index contributed by atoms with van der Waals surface area (Å²) in [6.45, 7) is 2.22. The Balaban J connectivity index is 2.41. The van der Waals surface area contributed by atoms with Crippen LogP contribution in [-0.4, -0.2) is 27.2 Å². The van der Waals surface area contributed by atoms with E-state index in [2.05, 4.69) is 10.3 Å². The largest absolute Gasteiger partial charge is 0.385 e. The summed E-state index contributed by atoms with van der Waals surface area (Å²) in [6, 6.07) is 3.49. The van der Waals surface area contributed by atoms with Crippen molar-refractivity contribution in [2.75, 3.05) is 6.54 Å². The second-order valence-electron chi connectivity index (χ2n) is 3.97. The predicted octanol–water partition coefficient (Wildman–Crippen LogP) is 0.949. The van der Waals surface area contributed by atoms with Gasteiger partial charge >= 0.3 is 6.03 Å². The second-order valence-corrected chi connectivity index (χ2v) is 3.97. The third-order valence-corrected chi connectivity index (χ3v) is 2.94. The Kier molecular flexibility index (Phi) is 1.79. The van der Waals surface area contributed by atoms with Crippen LogP contribution in [0.3, 0.4) is 0 Å². The van der Waals surface area contributed by atoms with E-state index in [4.69, 9.17) is 0 Å². The fraction of sp³-hybridized carbons (Fsp3) is 0.273. The molecule has 5 heteroatoms. The van der Waals surface area contributed by atoms with Gasteiger partial charge in [0.25, 0.3) is 0 Å². The lowest BCUT2D eigenvalue weighted by atomic mass is 10.2. The highest BCUT2D eigenvalue weighted by Crippen LogP contribution is 2.26. The van der Waals surface area contributed by atoms with E-state index in [-0.39, 0.29) is 12.6 Å². The van der Waals surface area contributed by atoms with Crippen LogP contribution in [0.5, 0.6) is 0 Å². The van der Waals surface area contributed by atoms with Crippen LogP contribution in [0.15, 0.2) is 18.3 Å². The quantitative estimate of drug-likeness (QED) is 0.690. The van der Waals surface area contributed by atoms with Crippen LogP contribution >= 0.6 is 0 Å². The first-order chi connectivity index (χ1) is 7.68. The zero-order valence-corrected chi connectivity index (χ0v) is 8.77. The molecule has 3 rings (SSSR count). The normalized spacial score (nSPS) is 19.6. The number of rotatable bonds is 0. The molecule has 1 amide bonds. The Hall–Kier alpha value is -1.88. The Morgan fingerprint density at radius 3 is 3.25 bits per heavy atom. The van der Waals surface area contributed by atoms with Gasteiger partial charge in [-0.1, -0.05) is 0 Å². The van der Waals surface area contributed by atoms with E-state index in [0.29, 0.717) is 11.3 Å². The van der Waals surface area contributed by atoms with E-state index < -0.39 is 6.10 Å². The van der Waals surface area contributed by atoms with E-state index in [0.717, 1.165) is 10.9 Å². The molecule has 1 aliphatic heterocycles. The molecule has 16 heavy (non-hydrogen) atoms. The van der Waals surface area contributed by atoms with Crippen molar-refractivity contribution in [3.8, 4) is 0 Å². The maximum Gasteiger partial charge on any atom is 0.327 e. The summed E-state index contributed by atoms with van der Waals surface area (Å²) in [7, 11) is 0. The Morgan fingerprint density at radius 1 is 1.62 bits per heavy atom. The highest BCUT2D eigenvalue weighted by molar-refractivity contribution is 5.93. The standard InChI is InChI=1S/C11H11N3O2/c1-6-2-3-12-10-7(6)4-8-9(15)5-13-11(16)14(8)10/h2-4,9,15H,5H2,1H3,(H,13,16). The van der Waals surface area contributed by atoms with Gasteiger partial charge in [-0.3, -0.25) is 0 Å². The second kappa shape index (κ2) is 3.05. The number of aliphatic hydroxyl groups is 1. The molecular formula is C11H11N3O2. The van der Waals surface area contributed by atoms with E-state index in [1.807, 2.05) is 19.1 Å². The smallest absolute Gasteiger partial charge is 0.327 e. The van der Waals surface area contributed by atoms with Crippen molar-refractivity contribution in [1.29, 1.82) is 0 Å². The third kappa shape index (κ3) is 1.09. The van der Waals surface area contributed by atoms with Crippen molar-refractivity contribution >= 4 is 17.1 Å². The number of nitrogens with zero attached hydrogens (tertiary/aromatic N) is 2. The summed E-state index contributed by atoms with van der Waals surface area (Å²) >= 11 is 0. The molecule has 5 nitrogen and oxygen atoms in total. The van der Waals surface area contributed by atoms with Gasteiger partial charge in [0.05, 0.1) is 12.2 Å². The molecule has 0 aliphatic carbocycles. The molecule has 0 radical (unpaired) electrons. The van der Waals surface area contributed by atoms with Gasteiger partial charge in [-0.15, -0.1) is 0 Å². The number of aromatic nitrogens is 2. The zero-order valence-electron chi connectivity index (χ0n) is 8.77. The first kappa shape index (κ1) is 9.35. The fourth-order valence-electron chi connectivity index (χ4n) is 2.07. The van der Waals surface area contributed by atoms with E-state index in [1.54, 1.807) is 6.20 Å². The lowest BCUT2D eigenvalue weighted by molar-refractivity contribution is 0.154. The summed E-state index contributed by atoms with van der Waals surface area (Å²) in [6.07, 6.45) is 1.01. The van der Waals surface area contributed by atoms with Crippen LogP contribution in [0.4, 0.5) is 4.79 Å². The number of aliphatic hydroxyl groups excluding tert-OH is 1. The average Bonchev–Trinajstić information content (AvgIpc) is 2.66. The molecular weight excluding hydrogens is 206 g/mol. The number of aryl methyl sites for hydroxylation is 1. The van der Waals surface area contributed by atoms with Crippen molar-refractivity contribution in [2.24, 2.45) is 0 Å². The molecule has 3 heterocycles. The fourth-order valence-corrected chi connectivity index (χ4v) is 2.07. The Labute approximate surface area is 91.7 Å². The summed E-state index contributed by atoms with van der Waals surface area (Å²) in [4.78, 5) is 15.9. The van der Waals surface area contributed by atoms with Gasteiger partial charge in [0.2, 0.25) is 0 Å². The van der Waals surface area contributed by atoms with Gasteiger partial charge in [0, 0.05) is 11.6 Å². The van der Waals surface area contributed by atoms with E-state index in [1.165, 1.54) is 4.57 Å². The van der Waals surface area contributed by atoms with Crippen molar-refractivity contribution < 1.29 is 9.90 Å². The molecule has 0 spiro atoms. The first-order valence-electron chi connectivity index (χ1n) is 5.11. The van der Waals surface area contributed by atoms with Gasteiger partial charge in [0.1, 0.15) is 11.8 Å². The minimum atomic E-state index is -0.661. The number of hydrogen-bond acceptors (Lipinski definition) is 3. The highest BCUT2D eigenvalue weighted by Gasteiger charge is 2.26. The van der Waals surface area contributed by atoms with Crippen LogP contribution in [-0.2, 0) is 0 Å². The van der Waals surface area contributed by atoms with Crippen molar-refractivity contribution in [3.63, 3.8) is 0 Å². The van der Waals surface area contributed by atoms with Crippen molar-refractivity contribution in [3.05, 3.63) is 29.6 Å². The Morgan fingerprint density at radius 2 is 2.44 bits per heavy atom. The van der Waals surface area contributed by atoms with Gasteiger partial charge in [-0.2, -0.15) is 0 Å². The topological polar surface area (TPSA) is 67.2 Å². The summed E-state index contributed by atoms with van der Waals surface area (Å²) in [5.74, 6) is 0.